The molecule has 10 heteroatoms. The number of nitrogens with zero attached hydrogens (tertiary/aromatic N) is 3. The number of nitro benzene ring substituents is 1. The highest BCUT2D eigenvalue weighted by molar-refractivity contribution is 7.89. The summed E-state index contributed by atoms with van der Waals surface area (Å²) in [6, 6.07) is 3.92. The van der Waals surface area contributed by atoms with Gasteiger partial charge in [0.1, 0.15) is 5.69 Å². The summed E-state index contributed by atoms with van der Waals surface area (Å²) in [6.07, 6.45) is 1.33. The lowest BCUT2D eigenvalue weighted by atomic mass is 9.97. The lowest BCUT2D eigenvalue weighted by Crippen LogP contribution is -2.41. The van der Waals surface area contributed by atoms with E-state index in [1.54, 1.807) is 18.7 Å². The van der Waals surface area contributed by atoms with Gasteiger partial charge in [-0.25, -0.2) is 8.42 Å². The SMILES string of the molecule is CCN(CC)S(=O)(=O)c1ccc(N2CCC[C@@H](C(N)=O)C2)c([N+](=O)[O-])c1. The van der Waals surface area contributed by atoms with Gasteiger partial charge in [0.2, 0.25) is 15.9 Å². The third-order valence-corrected chi connectivity index (χ3v) is 6.70. The van der Waals surface area contributed by atoms with Crippen LogP contribution < -0.4 is 10.6 Å². The maximum Gasteiger partial charge on any atom is 0.293 e. The number of primary amides is 1. The Morgan fingerprint density at radius 3 is 2.58 bits per heavy atom. The van der Waals surface area contributed by atoms with Crippen LogP contribution in [0.25, 0.3) is 0 Å². The number of carbonyl (C=O) groups is 1. The van der Waals surface area contributed by atoms with Gasteiger partial charge in [0.05, 0.1) is 15.7 Å². The van der Waals surface area contributed by atoms with Gasteiger partial charge < -0.3 is 10.6 Å². The van der Waals surface area contributed by atoms with Crippen molar-refractivity contribution in [3.8, 4) is 0 Å². The third-order valence-electron chi connectivity index (χ3n) is 4.65. The molecule has 1 amide bonds. The van der Waals surface area contributed by atoms with E-state index in [0.717, 1.165) is 6.07 Å². The second-order valence-corrected chi connectivity index (χ2v) is 8.12. The first-order chi connectivity index (χ1) is 12.2. The Kier molecular flexibility index (Phi) is 6.19. The molecule has 0 saturated carbocycles. The number of sulfonamides is 1. The minimum absolute atomic E-state index is 0.111. The van der Waals surface area contributed by atoms with Gasteiger partial charge >= 0.3 is 0 Å². The van der Waals surface area contributed by atoms with Crippen molar-refractivity contribution in [2.45, 2.75) is 31.6 Å². The second kappa shape index (κ2) is 8.00. The number of hydrogen-bond donors (Lipinski definition) is 1. The standard InChI is InChI=1S/C16H24N4O5S/c1-3-19(4-2)26(24,25)13-7-8-14(15(10-13)20(22)23)18-9-5-6-12(11-18)16(17)21/h7-8,10,12H,3-6,9,11H2,1-2H3,(H2,17,21)/t12-/m1/s1. The predicted molar refractivity (Wildman–Crippen MR) is 97.3 cm³/mol. The summed E-state index contributed by atoms with van der Waals surface area (Å²) in [6.45, 7) is 4.82. The van der Waals surface area contributed by atoms with E-state index in [2.05, 4.69) is 0 Å². The molecule has 1 saturated heterocycles. The van der Waals surface area contributed by atoms with Crippen LogP contribution in [-0.2, 0) is 14.8 Å². The van der Waals surface area contributed by atoms with E-state index in [1.165, 1.54) is 16.4 Å². The number of rotatable bonds is 7. The average Bonchev–Trinajstić information content (AvgIpc) is 2.62. The fraction of sp³-hybridized carbons (Fsp3) is 0.562. The first-order valence-electron chi connectivity index (χ1n) is 8.55. The predicted octanol–water partition coefficient (Wildman–Crippen LogP) is 1.33. The smallest absolute Gasteiger partial charge is 0.293 e. The molecule has 1 heterocycles. The molecule has 0 aromatic heterocycles. The second-order valence-electron chi connectivity index (χ2n) is 6.18. The van der Waals surface area contributed by atoms with E-state index in [9.17, 15) is 23.3 Å². The Morgan fingerprint density at radius 1 is 1.38 bits per heavy atom. The van der Waals surface area contributed by atoms with Crippen LogP contribution in [0, 0.1) is 16.0 Å². The lowest BCUT2D eigenvalue weighted by molar-refractivity contribution is -0.384. The molecule has 1 fully saturated rings. The van der Waals surface area contributed by atoms with E-state index in [1.807, 2.05) is 0 Å². The van der Waals surface area contributed by atoms with Crippen molar-refractivity contribution in [3.63, 3.8) is 0 Å². The van der Waals surface area contributed by atoms with Crippen LogP contribution in [0.4, 0.5) is 11.4 Å². The molecule has 2 N–H and O–H groups in total. The molecule has 0 unspecified atom stereocenters. The molecule has 0 bridgehead atoms. The Bertz CT molecular complexity index is 792. The molecule has 0 radical (unpaired) electrons. The van der Waals surface area contributed by atoms with Crippen LogP contribution in [-0.4, -0.2) is 49.7 Å². The summed E-state index contributed by atoms with van der Waals surface area (Å²) in [4.78, 5) is 24.0. The quantitative estimate of drug-likeness (QED) is 0.558. The van der Waals surface area contributed by atoms with Gasteiger partial charge in [-0.1, -0.05) is 13.8 Å². The van der Waals surface area contributed by atoms with E-state index in [4.69, 9.17) is 5.73 Å². The Morgan fingerprint density at radius 2 is 2.04 bits per heavy atom. The van der Waals surface area contributed by atoms with Gasteiger partial charge in [-0.2, -0.15) is 4.31 Å². The summed E-state index contributed by atoms with van der Waals surface area (Å²) in [5.74, 6) is -0.805. The molecular formula is C16H24N4O5S. The largest absolute Gasteiger partial charge is 0.369 e. The molecule has 0 spiro atoms. The molecule has 144 valence electrons. The number of hydrogen-bond acceptors (Lipinski definition) is 6. The monoisotopic (exact) mass is 384 g/mol. The zero-order valence-electron chi connectivity index (χ0n) is 14.9. The molecule has 1 aromatic rings. The zero-order valence-corrected chi connectivity index (χ0v) is 15.7. The summed E-state index contributed by atoms with van der Waals surface area (Å²) < 4.78 is 26.5. The van der Waals surface area contributed by atoms with Crippen molar-refractivity contribution in [2.75, 3.05) is 31.1 Å². The van der Waals surface area contributed by atoms with Crippen LogP contribution in [0.3, 0.4) is 0 Å². The summed E-state index contributed by atoms with van der Waals surface area (Å²) >= 11 is 0. The molecule has 9 nitrogen and oxygen atoms in total. The van der Waals surface area contributed by atoms with Crippen molar-refractivity contribution < 1.29 is 18.1 Å². The maximum atomic E-state index is 12.6. The minimum Gasteiger partial charge on any atom is -0.369 e. The van der Waals surface area contributed by atoms with Crippen molar-refractivity contribution in [3.05, 3.63) is 28.3 Å². The van der Waals surface area contributed by atoms with Crippen molar-refractivity contribution in [1.82, 2.24) is 4.31 Å². The van der Waals surface area contributed by atoms with Gasteiger partial charge in [-0.05, 0) is 25.0 Å². The Balaban J connectivity index is 2.44. The first kappa shape index (κ1) is 20.1. The van der Waals surface area contributed by atoms with Crippen LogP contribution in [0.5, 0.6) is 0 Å². The molecule has 1 atom stereocenters. The highest BCUT2D eigenvalue weighted by atomic mass is 32.2. The van der Waals surface area contributed by atoms with Crippen LogP contribution in [0.2, 0.25) is 0 Å². The number of anilines is 1. The van der Waals surface area contributed by atoms with Gasteiger partial charge in [0.15, 0.2) is 0 Å². The van der Waals surface area contributed by atoms with Gasteiger partial charge in [-0.3, -0.25) is 14.9 Å². The molecule has 26 heavy (non-hydrogen) atoms. The molecular weight excluding hydrogens is 360 g/mol. The van der Waals surface area contributed by atoms with E-state index in [-0.39, 0.29) is 36.1 Å². The normalized spacial score (nSPS) is 18.1. The number of nitro groups is 1. The third kappa shape index (κ3) is 3.96. The van der Waals surface area contributed by atoms with Gasteiger partial charge in [-0.15, -0.1) is 0 Å². The summed E-state index contributed by atoms with van der Waals surface area (Å²) in [5.41, 5.74) is 5.38. The maximum absolute atomic E-state index is 12.6. The van der Waals surface area contributed by atoms with Crippen molar-refractivity contribution in [2.24, 2.45) is 11.7 Å². The van der Waals surface area contributed by atoms with Crippen LogP contribution in [0.15, 0.2) is 23.1 Å². The van der Waals surface area contributed by atoms with Crippen LogP contribution >= 0.6 is 0 Å². The van der Waals surface area contributed by atoms with Crippen LogP contribution in [0.1, 0.15) is 26.7 Å². The van der Waals surface area contributed by atoms with Crippen molar-refractivity contribution in [1.29, 1.82) is 0 Å². The molecule has 0 aliphatic carbocycles. The van der Waals surface area contributed by atoms with E-state index < -0.39 is 20.9 Å². The topological polar surface area (TPSA) is 127 Å². The fourth-order valence-corrected chi connectivity index (χ4v) is 4.70. The summed E-state index contributed by atoms with van der Waals surface area (Å²) in [5, 5.41) is 11.5. The number of amides is 1. The number of benzene rings is 1. The molecule has 1 aliphatic heterocycles. The molecule has 1 aliphatic rings. The lowest BCUT2D eigenvalue weighted by Gasteiger charge is -2.32. The summed E-state index contributed by atoms with van der Waals surface area (Å²) in [7, 11) is -3.79. The average molecular weight is 384 g/mol. The Hall–Kier alpha value is -2.20. The van der Waals surface area contributed by atoms with E-state index >= 15 is 0 Å². The Labute approximate surface area is 153 Å². The highest BCUT2D eigenvalue weighted by Crippen LogP contribution is 2.34. The molecule has 1 aromatic carbocycles. The molecule has 2 rings (SSSR count). The highest BCUT2D eigenvalue weighted by Gasteiger charge is 2.30. The van der Waals surface area contributed by atoms with Gasteiger partial charge in [0.25, 0.3) is 5.69 Å². The van der Waals surface area contributed by atoms with E-state index in [0.29, 0.717) is 25.1 Å². The van der Waals surface area contributed by atoms with Crippen molar-refractivity contribution >= 4 is 27.3 Å². The van der Waals surface area contributed by atoms with Gasteiger partial charge in [0, 0.05) is 32.2 Å². The minimum atomic E-state index is -3.79. The number of piperidine rings is 1. The fourth-order valence-electron chi connectivity index (χ4n) is 3.22. The zero-order chi connectivity index (χ0) is 19.5. The number of carbonyl (C=O) groups excluding carboxylic acids is 1. The first-order valence-corrected chi connectivity index (χ1v) is 9.99. The number of nitrogens with two attached hydrogens (primary N) is 1.